The first-order chi connectivity index (χ1) is 10.6. The maximum absolute atomic E-state index is 13.5. The zero-order valence-corrected chi connectivity index (χ0v) is 13.2. The van der Waals surface area contributed by atoms with Crippen LogP contribution in [0.15, 0.2) is 28.7 Å². The minimum atomic E-state index is -0.458. The second-order valence-corrected chi connectivity index (χ2v) is 5.40. The molecule has 1 heterocycles. The predicted octanol–water partition coefficient (Wildman–Crippen LogP) is 3.49. The molecule has 0 aliphatic carbocycles. The monoisotopic (exact) mass is 341 g/mol. The van der Waals surface area contributed by atoms with Crippen molar-refractivity contribution < 1.29 is 13.9 Å². The molecule has 0 spiro atoms. The van der Waals surface area contributed by atoms with Crippen LogP contribution in [0.1, 0.15) is 18.2 Å². The molecule has 0 saturated heterocycles. The highest BCUT2D eigenvalue weighted by molar-refractivity contribution is 7.13. The van der Waals surface area contributed by atoms with E-state index >= 15 is 0 Å². The molecule has 0 aliphatic rings. The smallest absolute Gasteiger partial charge is 0.311 e. The van der Waals surface area contributed by atoms with E-state index in [9.17, 15) is 9.18 Å². The zero-order chi connectivity index (χ0) is 15.9. The number of ether oxygens (including phenoxy) is 1. The summed E-state index contributed by atoms with van der Waals surface area (Å²) in [5.74, 6) is -0.791. The molecule has 116 valence electrons. The topological polar surface area (TPSA) is 63.6 Å². The minimum Gasteiger partial charge on any atom is -0.466 e. The Morgan fingerprint density at radius 3 is 3.14 bits per heavy atom. The van der Waals surface area contributed by atoms with E-state index in [1.165, 1.54) is 29.7 Å². The molecule has 0 aliphatic heterocycles. The molecule has 0 bridgehead atoms. The molecule has 0 fully saturated rings. The zero-order valence-electron chi connectivity index (χ0n) is 11.7. The summed E-state index contributed by atoms with van der Waals surface area (Å²) in [4.78, 5) is 15.5. The quantitative estimate of drug-likeness (QED) is 0.496. The summed E-state index contributed by atoms with van der Waals surface area (Å²) < 4.78 is 18.4. The Balaban J connectivity index is 1.96. The largest absolute Gasteiger partial charge is 0.466 e. The van der Waals surface area contributed by atoms with Crippen molar-refractivity contribution >= 4 is 40.3 Å². The third kappa shape index (κ3) is 4.51. The van der Waals surface area contributed by atoms with E-state index in [2.05, 4.69) is 15.5 Å². The van der Waals surface area contributed by atoms with Crippen molar-refractivity contribution in [2.75, 3.05) is 12.0 Å². The molecule has 1 aromatic carbocycles. The molecule has 1 N–H and O–H groups in total. The number of carbonyl (C=O) groups excluding carboxylic acids is 1. The summed E-state index contributed by atoms with van der Waals surface area (Å²) in [5, 5.41) is 6.38. The summed E-state index contributed by atoms with van der Waals surface area (Å²) in [6.07, 6.45) is 1.39. The third-order valence-corrected chi connectivity index (χ3v) is 3.66. The Bertz CT molecular complexity index is 670. The highest BCUT2D eigenvalue weighted by atomic mass is 35.5. The maximum Gasteiger partial charge on any atom is 0.311 e. The van der Waals surface area contributed by atoms with Crippen LogP contribution >= 0.6 is 22.9 Å². The fraction of sp³-hybridized carbons (Fsp3) is 0.214. The van der Waals surface area contributed by atoms with Crippen molar-refractivity contribution in [2.45, 2.75) is 13.3 Å². The lowest BCUT2D eigenvalue weighted by atomic mass is 10.2. The van der Waals surface area contributed by atoms with Crippen molar-refractivity contribution in [1.82, 2.24) is 4.98 Å². The van der Waals surface area contributed by atoms with Gasteiger partial charge in [-0.3, -0.25) is 10.2 Å². The van der Waals surface area contributed by atoms with E-state index in [1.807, 2.05) is 0 Å². The van der Waals surface area contributed by atoms with Gasteiger partial charge in [0.05, 0.1) is 30.0 Å². The standard InChI is InChI=1S/C14H13ClFN3O2S/c1-2-21-13(20)6-9-8-22-14(18-9)19-17-7-10-11(15)4-3-5-12(10)16/h3-5,7-8H,2,6H2,1H3,(H,18,19). The van der Waals surface area contributed by atoms with Crippen molar-refractivity contribution in [2.24, 2.45) is 5.10 Å². The van der Waals surface area contributed by atoms with Gasteiger partial charge in [-0.15, -0.1) is 11.3 Å². The number of aromatic nitrogens is 1. The SMILES string of the molecule is CCOC(=O)Cc1csc(NN=Cc2c(F)cccc2Cl)n1. The summed E-state index contributed by atoms with van der Waals surface area (Å²) in [7, 11) is 0. The van der Waals surface area contributed by atoms with Crippen LogP contribution in [0.25, 0.3) is 0 Å². The van der Waals surface area contributed by atoms with Crippen LogP contribution in [-0.4, -0.2) is 23.8 Å². The molecule has 0 unspecified atom stereocenters. The number of hydrazone groups is 1. The molecule has 1 aromatic heterocycles. The van der Waals surface area contributed by atoms with Crippen LogP contribution in [0.3, 0.4) is 0 Å². The summed E-state index contributed by atoms with van der Waals surface area (Å²) in [6.45, 7) is 2.08. The van der Waals surface area contributed by atoms with Gasteiger partial charge in [0.25, 0.3) is 0 Å². The number of hydrogen-bond acceptors (Lipinski definition) is 6. The van der Waals surface area contributed by atoms with Gasteiger partial charge in [0.15, 0.2) is 0 Å². The van der Waals surface area contributed by atoms with Crippen LogP contribution in [0, 0.1) is 5.82 Å². The van der Waals surface area contributed by atoms with Gasteiger partial charge in [-0.1, -0.05) is 17.7 Å². The lowest BCUT2D eigenvalue weighted by Crippen LogP contribution is -2.07. The molecule has 22 heavy (non-hydrogen) atoms. The number of nitrogens with one attached hydrogen (secondary N) is 1. The van der Waals surface area contributed by atoms with Crippen molar-refractivity contribution in [3.63, 3.8) is 0 Å². The molecular weight excluding hydrogens is 329 g/mol. The number of halogens is 2. The summed E-state index contributed by atoms with van der Waals surface area (Å²) in [6, 6.07) is 4.39. The van der Waals surface area contributed by atoms with Gasteiger partial charge >= 0.3 is 5.97 Å². The Hall–Kier alpha value is -1.99. The van der Waals surface area contributed by atoms with Crippen molar-refractivity contribution in [1.29, 1.82) is 0 Å². The minimum absolute atomic E-state index is 0.106. The number of carbonyl (C=O) groups is 1. The fourth-order valence-electron chi connectivity index (χ4n) is 1.59. The van der Waals surface area contributed by atoms with Crippen molar-refractivity contribution in [3.05, 3.63) is 45.7 Å². The fourth-order valence-corrected chi connectivity index (χ4v) is 2.46. The number of rotatable bonds is 6. The van der Waals surface area contributed by atoms with Gasteiger partial charge in [-0.05, 0) is 19.1 Å². The van der Waals surface area contributed by atoms with Crippen molar-refractivity contribution in [3.8, 4) is 0 Å². The molecule has 2 aromatic rings. The first-order valence-corrected chi connectivity index (χ1v) is 7.69. The Kier molecular flexibility index (Phi) is 5.85. The van der Waals surface area contributed by atoms with Crippen LogP contribution in [0.5, 0.6) is 0 Å². The average molecular weight is 342 g/mol. The summed E-state index contributed by atoms with van der Waals surface area (Å²) >= 11 is 7.16. The van der Waals surface area contributed by atoms with Gasteiger partial charge in [-0.25, -0.2) is 9.37 Å². The third-order valence-electron chi connectivity index (χ3n) is 2.54. The highest BCUT2D eigenvalue weighted by Gasteiger charge is 2.08. The normalized spacial score (nSPS) is 10.9. The Morgan fingerprint density at radius 2 is 2.41 bits per heavy atom. The van der Waals surface area contributed by atoms with E-state index in [-0.39, 0.29) is 23.0 Å². The lowest BCUT2D eigenvalue weighted by Gasteiger charge is -1.99. The number of benzene rings is 1. The van der Waals surface area contributed by atoms with E-state index in [4.69, 9.17) is 16.3 Å². The van der Waals surface area contributed by atoms with Gasteiger partial charge in [-0.2, -0.15) is 5.10 Å². The molecule has 0 atom stereocenters. The average Bonchev–Trinajstić information content (AvgIpc) is 2.90. The first kappa shape index (κ1) is 16.4. The van der Waals surface area contributed by atoms with E-state index < -0.39 is 5.82 Å². The molecule has 2 rings (SSSR count). The molecule has 5 nitrogen and oxygen atoms in total. The molecule has 0 saturated carbocycles. The maximum atomic E-state index is 13.5. The lowest BCUT2D eigenvalue weighted by molar-refractivity contribution is -0.142. The van der Waals surface area contributed by atoms with Gasteiger partial charge < -0.3 is 4.74 Å². The molecule has 8 heteroatoms. The van der Waals surface area contributed by atoms with Crippen LogP contribution in [0.4, 0.5) is 9.52 Å². The van der Waals surface area contributed by atoms with Gasteiger partial charge in [0.1, 0.15) is 5.82 Å². The van der Waals surface area contributed by atoms with Crippen LogP contribution < -0.4 is 5.43 Å². The molecule has 0 amide bonds. The van der Waals surface area contributed by atoms with E-state index in [0.717, 1.165) is 0 Å². The number of nitrogens with zero attached hydrogens (tertiary/aromatic N) is 2. The highest BCUT2D eigenvalue weighted by Crippen LogP contribution is 2.18. The molecule has 0 radical (unpaired) electrons. The number of thiazole rings is 1. The molecular formula is C14H13ClFN3O2S. The second-order valence-electron chi connectivity index (χ2n) is 4.13. The van der Waals surface area contributed by atoms with Crippen LogP contribution in [0.2, 0.25) is 5.02 Å². The second kappa shape index (κ2) is 7.86. The van der Waals surface area contributed by atoms with Gasteiger partial charge in [0, 0.05) is 10.9 Å². The number of hydrogen-bond donors (Lipinski definition) is 1. The van der Waals surface area contributed by atoms with Gasteiger partial charge in [0.2, 0.25) is 5.13 Å². The Labute approximate surface area is 135 Å². The van der Waals surface area contributed by atoms with E-state index in [1.54, 1.807) is 18.4 Å². The summed E-state index contributed by atoms with van der Waals surface area (Å²) in [5.41, 5.74) is 3.46. The first-order valence-electron chi connectivity index (χ1n) is 6.43. The predicted molar refractivity (Wildman–Crippen MR) is 85.1 cm³/mol. The Morgan fingerprint density at radius 1 is 1.59 bits per heavy atom. The van der Waals surface area contributed by atoms with E-state index in [0.29, 0.717) is 17.4 Å². The van der Waals surface area contributed by atoms with Crippen LogP contribution in [-0.2, 0) is 16.0 Å². The number of anilines is 1. The number of esters is 1.